The number of ether oxygens (including phenoxy) is 1. The zero-order chi connectivity index (χ0) is 16.6. The van der Waals surface area contributed by atoms with Crippen LogP contribution in [0.2, 0.25) is 0 Å². The Morgan fingerprint density at radius 2 is 1.40 bits per heavy atom. The molecule has 0 saturated carbocycles. The van der Waals surface area contributed by atoms with E-state index in [1.807, 2.05) is 0 Å². The van der Waals surface area contributed by atoms with Gasteiger partial charge in [0.2, 0.25) is 0 Å². The van der Waals surface area contributed by atoms with Crippen LogP contribution in [0.3, 0.4) is 0 Å². The first-order valence-corrected chi connectivity index (χ1v) is 8.37. The van der Waals surface area contributed by atoms with Crippen molar-refractivity contribution in [1.29, 1.82) is 0 Å². The molecule has 3 rings (SSSR count). The molecule has 0 bridgehead atoms. The number of hydrogen-bond acceptors (Lipinski definition) is 4. The van der Waals surface area contributed by atoms with E-state index < -0.39 is 0 Å². The Kier molecular flexibility index (Phi) is 8.93. The van der Waals surface area contributed by atoms with E-state index in [4.69, 9.17) is 4.74 Å². The molecule has 1 aliphatic heterocycles. The van der Waals surface area contributed by atoms with Gasteiger partial charge in [-0.25, -0.2) is 6.29 Å². The molecule has 25 heavy (non-hydrogen) atoms. The summed E-state index contributed by atoms with van der Waals surface area (Å²) in [6.45, 7) is 4.39. The van der Waals surface area contributed by atoms with E-state index in [1.54, 1.807) is 6.29 Å². The average molecular weight is 412 g/mol. The summed E-state index contributed by atoms with van der Waals surface area (Å²) < 4.78 is 5.27. The molecule has 1 aliphatic rings. The zero-order valence-electron chi connectivity index (χ0n) is 14.4. The minimum atomic E-state index is 0. The molecule has 0 unspecified atom stereocenters. The smallest absolute Gasteiger partial charge is 0.0958 e. The van der Waals surface area contributed by atoms with Gasteiger partial charge in [0.05, 0.1) is 12.8 Å². The Balaban J connectivity index is 0.00000225. The first-order chi connectivity index (χ1) is 11.9. The van der Waals surface area contributed by atoms with Gasteiger partial charge in [0, 0.05) is 58.9 Å². The third kappa shape index (κ3) is 5.80. The zero-order valence-corrected chi connectivity index (χ0v) is 17.2. The second kappa shape index (κ2) is 10.9. The van der Waals surface area contributed by atoms with E-state index >= 15 is 0 Å². The SMILES string of the molecule is O=[C-]COCN1CCN(C(c2ccccc2)c2ccccc2)CC1.[Y]. The van der Waals surface area contributed by atoms with Gasteiger partial charge >= 0.3 is 0 Å². The summed E-state index contributed by atoms with van der Waals surface area (Å²) in [7, 11) is 0. The summed E-state index contributed by atoms with van der Waals surface area (Å²) in [5.74, 6) is 0. The third-order valence-corrected chi connectivity index (χ3v) is 4.44. The minimum Gasteiger partial charge on any atom is -0.540 e. The van der Waals surface area contributed by atoms with Gasteiger partial charge in [-0.05, 0) is 17.7 Å². The van der Waals surface area contributed by atoms with Crippen LogP contribution >= 0.6 is 0 Å². The van der Waals surface area contributed by atoms with Crippen molar-refractivity contribution in [1.82, 2.24) is 9.80 Å². The predicted molar refractivity (Wildman–Crippen MR) is 94.4 cm³/mol. The van der Waals surface area contributed by atoms with Gasteiger partial charge in [-0.1, -0.05) is 60.7 Å². The molecule has 2 aromatic carbocycles. The van der Waals surface area contributed by atoms with Crippen LogP contribution in [-0.2, 0) is 42.2 Å². The van der Waals surface area contributed by atoms with Crippen LogP contribution in [0.1, 0.15) is 17.2 Å². The molecule has 0 aliphatic carbocycles. The Hall–Kier alpha value is -0.906. The van der Waals surface area contributed by atoms with E-state index in [0.29, 0.717) is 6.73 Å². The van der Waals surface area contributed by atoms with E-state index in [9.17, 15) is 4.79 Å². The third-order valence-electron chi connectivity index (χ3n) is 4.44. The van der Waals surface area contributed by atoms with Gasteiger partial charge in [0.25, 0.3) is 0 Å². The Morgan fingerprint density at radius 1 is 0.880 bits per heavy atom. The number of rotatable bonds is 7. The second-order valence-electron chi connectivity index (χ2n) is 6.00. The molecule has 2 aromatic rings. The van der Waals surface area contributed by atoms with Crippen LogP contribution in [0.15, 0.2) is 60.7 Å². The first kappa shape index (κ1) is 20.4. The van der Waals surface area contributed by atoms with Crippen LogP contribution < -0.4 is 0 Å². The van der Waals surface area contributed by atoms with Crippen LogP contribution in [0.5, 0.6) is 0 Å². The van der Waals surface area contributed by atoms with Crippen molar-refractivity contribution < 1.29 is 42.2 Å². The molecule has 1 saturated heterocycles. The average Bonchev–Trinajstić information content (AvgIpc) is 2.65. The van der Waals surface area contributed by atoms with Crippen molar-refractivity contribution in [2.24, 2.45) is 0 Å². The summed E-state index contributed by atoms with van der Waals surface area (Å²) in [6, 6.07) is 21.6. The van der Waals surface area contributed by atoms with Crippen molar-refractivity contribution in [3.8, 4) is 0 Å². The molecule has 129 valence electrons. The molecule has 0 amide bonds. The summed E-state index contributed by atoms with van der Waals surface area (Å²) in [5.41, 5.74) is 2.65. The fraction of sp³-hybridized carbons (Fsp3) is 0.350. The van der Waals surface area contributed by atoms with Crippen molar-refractivity contribution >= 4 is 6.29 Å². The summed E-state index contributed by atoms with van der Waals surface area (Å²) in [4.78, 5) is 15.0. The first-order valence-electron chi connectivity index (χ1n) is 8.37. The number of nitrogens with zero attached hydrogens (tertiary/aromatic N) is 2. The molecule has 4 nitrogen and oxygen atoms in total. The number of piperazine rings is 1. The molecule has 1 heterocycles. The van der Waals surface area contributed by atoms with Gasteiger partial charge in [-0.3, -0.25) is 9.80 Å². The Bertz CT molecular complexity index is 577. The van der Waals surface area contributed by atoms with Gasteiger partial charge in [0.1, 0.15) is 0 Å². The van der Waals surface area contributed by atoms with Crippen molar-refractivity contribution in [3.05, 3.63) is 71.8 Å². The normalized spacial score (nSPS) is 15.7. The molecule has 0 atom stereocenters. The van der Waals surface area contributed by atoms with Crippen LogP contribution in [-0.4, -0.2) is 55.6 Å². The fourth-order valence-electron chi connectivity index (χ4n) is 3.25. The fourth-order valence-corrected chi connectivity index (χ4v) is 3.25. The van der Waals surface area contributed by atoms with Crippen molar-refractivity contribution in [2.75, 3.05) is 39.5 Å². The largest absolute Gasteiger partial charge is 0.540 e. The topological polar surface area (TPSA) is 32.8 Å². The molecular formula is C20H23N2O2Y-. The Labute approximate surface area is 175 Å². The summed E-state index contributed by atoms with van der Waals surface area (Å²) >= 11 is 0. The summed E-state index contributed by atoms with van der Waals surface area (Å²) in [5, 5.41) is 0. The van der Waals surface area contributed by atoms with Gasteiger partial charge < -0.3 is 9.53 Å². The predicted octanol–water partition coefficient (Wildman–Crippen LogP) is 2.47. The van der Waals surface area contributed by atoms with E-state index in [2.05, 4.69) is 70.5 Å². The molecular weight excluding hydrogens is 389 g/mol. The van der Waals surface area contributed by atoms with Gasteiger partial charge in [-0.15, -0.1) is 0 Å². The van der Waals surface area contributed by atoms with Gasteiger partial charge in [0.15, 0.2) is 0 Å². The minimum absolute atomic E-state index is 0. The maximum absolute atomic E-state index is 10.2. The van der Waals surface area contributed by atoms with E-state index in [1.165, 1.54) is 11.1 Å². The van der Waals surface area contributed by atoms with Crippen LogP contribution in [0.25, 0.3) is 0 Å². The van der Waals surface area contributed by atoms with Gasteiger partial charge in [-0.2, -0.15) is 0 Å². The number of carbonyl (C=O) groups excluding carboxylic acids is 1. The standard InChI is InChI=1S/C20H23N2O2.Y/c23-15-16-24-17-21-11-13-22(14-12-21)20(18-7-3-1-4-8-18)19-9-5-2-6-10-19;/h1-10,20H,11-14,16-17H2;/q-1;. The number of benzene rings is 2. The van der Waals surface area contributed by atoms with Crippen molar-refractivity contribution in [3.63, 3.8) is 0 Å². The molecule has 0 aromatic heterocycles. The maximum Gasteiger partial charge on any atom is 0.0958 e. The molecule has 1 radical (unpaired) electrons. The molecule has 0 N–H and O–H groups in total. The van der Waals surface area contributed by atoms with E-state index in [-0.39, 0.29) is 45.4 Å². The number of hydrogen-bond donors (Lipinski definition) is 0. The monoisotopic (exact) mass is 412 g/mol. The van der Waals surface area contributed by atoms with Crippen LogP contribution in [0.4, 0.5) is 0 Å². The molecule has 5 heteroatoms. The maximum atomic E-state index is 10.2. The quantitative estimate of drug-likeness (QED) is 0.517. The van der Waals surface area contributed by atoms with E-state index in [0.717, 1.165) is 26.2 Å². The summed E-state index contributed by atoms with van der Waals surface area (Å²) in [6.07, 6.45) is 1.77. The Morgan fingerprint density at radius 3 is 1.88 bits per heavy atom. The van der Waals surface area contributed by atoms with Crippen LogP contribution in [0, 0.1) is 0 Å². The molecule has 0 spiro atoms. The van der Waals surface area contributed by atoms with Crippen molar-refractivity contribution in [2.45, 2.75) is 6.04 Å². The second-order valence-corrected chi connectivity index (χ2v) is 6.00. The molecule has 1 fully saturated rings.